The fourth-order valence-corrected chi connectivity index (χ4v) is 1.87. The Morgan fingerprint density at radius 3 is 2.81 bits per heavy atom. The summed E-state index contributed by atoms with van der Waals surface area (Å²) >= 11 is 5.99. The van der Waals surface area contributed by atoms with E-state index in [0.717, 1.165) is 16.9 Å². The van der Waals surface area contributed by atoms with Crippen molar-refractivity contribution in [3.8, 4) is 5.75 Å². The fraction of sp³-hybridized carbons (Fsp3) is 0.125. The highest BCUT2D eigenvalue weighted by molar-refractivity contribution is 6.31. The van der Waals surface area contributed by atoms with Gasteiger partial charge in [-0.15, -0.1) is 0 Å². The fourth-order valence-electron chi connectivity index (χ4n) is 1.69. The molecular formula is C16H15ClN2O2. The first kappa shape index (κ1) is 15.1. The molecule has 0 saturated heterocycles. The van der Waals surface area contributed by atoms with E-state index in [1.165, 1.54) is 0 Å². The predicted molar refractivity (Wildman–Crippen MR) is 84.2 cm³/mol. The van der Waals surface area contributed by atoms with Gasteiger partial charge in [-0.05, 0) is 42.3 Å². The summed E-state index contributed by atoms with van der Waals surface area (Å²) in [6.45, 7) is 1.88. The predicted octanol–water partition coefficient (Wildman–Crippen LogP) is 3.42. The van der Waals surface area contributed by atoms with Gasteiger partial charge in [-0.25, -0.2) is 5.43 Å². The molecule has 0 atom stereocenters. The topological polar surface area (TPSA) is 50.7 Å². The molecule has 2 aromatic rings. The minimum atomic E-state index is -0.309. The molecule has 2 rings (SSSR count). The second-order valence-corrected chi connectivity index (χ2v) is 4.85. The highest BCUT2D eigenvalue weighted by Crippen LogP contribution is 2.16. The lowest BCUT2D eigenvalue weighted by Crippen LogP contribution is -2.17. The molecule has 21 heavy (non-hydrogen) atoms. The number of hydrogen-bond donors (Lipinski definition) is 1. The first-order valence-electron chi connectivity index (χ1n) is 6.34. The summed E-state index contributed by atoms with van der Waals surface area (Å²) in [5.41, 5.74) is 4.68. The van der Waals surface area contributed by atoms with E-state index >= 15 is 0 Å². The molecule has 0 radical (unpaired) electrons. The molecule has 0 aromatic heterocycles. The van der Waals surface area contributed by atoms with Crippen molar-refractivity contribution in [1.29, 1.82) is 0 Å². The zero-order valence-corrected chi connectivity index (χ0v) is 12.5. The maximum absolute atomic E-state index is 11.9. The Labute approximate surface area is 128 Å². The minimum Gasteiger partial charge on any atom is -0.497 e. The number of amides is 1. The zero-order chi connectivity index (χ0) is 15.2. The Balaban J connectivity index is 2.02. The molecule has 0 aliphatic heterocycles. The number of rotatable bonds is 4. The molecule has 1 N–H and O–H groups in total. The number of aryl methyl sites for hydroxylation is 1. The van der Waals surface area contributed by atoms with Crippen LogP contribution < -0.4 is 10.2 Å². The van der Waals surface area contributed by atoms with Crippen LogP contribution in [-0.2, 0) is 0 Å². The number of carbonyl (C=O) groups excluding carboxylic acids is 1. The number of hydrazone groups is 1. The van der Waals surface area contributed by atoms with Crippen molar-refractivity contribution < 1.29 is 9.53 Å². The lowest BCUT2D eigenvalue weighted by atomic mass is 10.1. The number of hydrogen-bond acceptors (Lipinski definition) is 3. The van der Waals surface area contributed by atoms with Crippen molar-refractivity contribution in [2.75, 3.05) is 7.11 Å². The third-order valence-corrected chi connectivity index (χ3v) is 3.31. The van der Waals surface area contributed by atoms with Gasteiger partial charge in [-0.2, -0.15) is 5.10 Å². The zero-order valence-electron chi connectivity index (χ0n) is 11.8. The van der Waals surface area contributed by atoms with E-state index in [0.29, 0.717) is 10.6 Å². The van der Waals surface area contributed by atoms with Crippen molar-refractivity contribution in [2.45, 2.75) is 6.92 Å². The Morgan fingerprint density at radius 2 is 2.10 bits per heavy atom. The first-order valence-corrected chi connectivity index (χ1v) is 6.71. The first-order chi connectivity index (χ1) is 10.1. The summed E-state index contributed by atoms with van der Waals surface area (Å²) in [6, 6.07) is 12.5. The molecule has 0 fully saturated rings. The molecule has 0 heterocycles. The van der Waals surface area contributed by atoms with Gasteiger partial charge in [0.15, 0.2) is 0 Å². The maximum atomic E-state index is 11.9. The van der Waals surface area contributed by atoms with Crippen molar-refractivity contribution in [3.63, 3.8) is 0 Å². The quantitative estimate of drug-likeness (QED) is 0.695. The largest absolute Gasteiger partial charge is 0.497 e. The van der Waals surface area contributed by atoms with Gasteiger partial charge in [-0.3, -0.25) is 4.79 Å². The van der Waals surface area contributed by atoms with Crippen LogP contribution in [-0.4, -0.2) is 19.2 Å². The summed E-state index contributed by atoms with van der Waals surface area (Å²) in [4.78, 5) is 11.9. The summed E-state index contributed by atoms with van der Waals surface area (Å²) in [5.74, 6) is 0.423. The number of nitrogens with one attached hydrogen (secondary N) is 1. The number of carbonyl (C=O) groups is 1. The standard InChI is InChI=1S/C16H15ClN2O2/c1-11-6-7-13(9-15(11)17)16(20)19-18-10-12-4-3-5-14(8-12)21-2/h3-10H,1-2H3,(H,19,20)/b18-10+. The summed E-state index contributed by atoms with van der Waals surface area (Å²) < 4.78 is 5.11. The van der Waals surface area contributed by atoms with Crippen molar-refractivity contribution in [2.24, 2.45) is 5.10 Å². The molecule has 0 saturated carbocycles. The van der Waals surface area contributed by atoms with E-state index in [9.17, 15) is 4.79 Å². The third-order valence-electron chi connectivity index (χ3n) is 2.91. The van der Waals surface area contributed by atoms with E-state index in [2.05, 4.69) is 10.5 Å². The Kier molecular flexibility index (Phi) is 4.95. The smallest absolute Gasteiger partial charge is 0.271 e. The molecule has 108 valence electrons. The van der Waals surface area contributed by atoms with Crippen molar-refractivity contribution in [3.05, 3.63) is 64.2 Å². The highest BCUT2D eigenvalue weighted by Gasteiger charge is 2.05. The van der Waals surface area contributed by atoms with Gasteiger partial charge < -0.3 is 4.74 Å². The van der Waals surface area contributed by atoms with Crippen LogP contribution in [0.3, 0.4) is 0 Å². The van der Waals surface area contributed by atoms with Gasteiger partial charge in [-0.1, -0.05) is 29.8 Å². The number of ether oxygens (including phenoxy) is 1. The van der Waals surface area contributed by atoms with E-state index in [-0.39, 0.29) is 5.91 Å². The maximum Gasteiger partial charge on any atom is 0.271 e. The van der Waals surface area contributed by atoms with E-state index in [4.69, 9.17) is 16.3 Å². The Bertz CT molecular complexity index is 684. The molecular weight excluding hydrogens is 288 g/mol. The van der Waals surface area contributed by atoms with Crippen LogP contribution in [0, 0.1) is 6.92 Å². The van der Waals surface area contributed by atoms with Crippen LogP contribution in [0.15, 0.2) is 47.6 Å². The van der Waals surface area contributed by atoms with Crippen LogP contribution in [0.1, 0.15) is 21.5 Å². The molecule has 4 nitrogen and oxygen atoms in total. The highest BCUT2D eigenvalue weighted by atomic mass is 35.5. The molecule has 0 aliphatic carbocycles. The van der Waals surface area contributed by atoms with Gasteiger partial charge in [0.1, 0.15) is 5.75 Å². The lowest BCUT2D eigenvalue weighted by Gasteiger charge is -2.03. The number of halogens is 1. The van der Waals surface area contributed by atoms with Gasteiger partial charge in [0.2, 0.25) is 0 Å². The Hall–Kier alpha value is -2.33. The molecule has 0 spiro atoms. The summed E-state index contributed by atoms with van der Waals surface area (Å²) in [7, 11) is 1.60. The monoisotopic (exact) mass is 302 g/mol. The Morgan fingerprint density at radius 1 is 1.29 bits per heavy atom. The summed E-state index contributed by atoms with van der Waals surface area (Å²) in [5, 5.41) is 4.48. The molecule has 5 heteroatoms. The third kappa shape index (κ3) is 4.07. The average Bonchev–Trinajstić information content (AvgIpc) is 2.50. The number of benzene rings is 2. The van der Waals surface area contributed by atoms with Crippen LogP contribution in [0.2, 0.25) is 5.02 Å². The van der Waals surface area contributed by atoms with Crippen LogP contribution in [0.25, 0.3) is 0 Å². The van der Waals surface area contributed by atoms with E-state index in [1.54, 1.807) is 31.5 Å². The SMILES string of the molecule is COc1cccc(/C=N/NC(=O)c2ccc(C)c(Cl)c2)c1. The van der Waals surface area contributed by atoms with Gasteiger partial charge in [0, 0.05) is 10.6 Å². The molecule has 1 amide bonds. The molecule has 0 unspecified atom stereocenters. The van der Waals surface area contributed by atoms with Gasteiger partial charge in [0.05, 0.1) is 13.3 Å². The van der Waals surface area contributed by atoms with Crippen LogP contribution in [0.5, 0.6) is 5.75 Å². The van der Waals surface area contributed by atoms with Gasteiger partial charge >= 0.3 is 0 Å². The molecule has 0 bridgehead atoms. The number of methoxy groups -OCH3 is 1. The van der Waals surface area contributed by atoms with Crippen LogP contribution >= 0.6 is 11.6 Å². The van der Waals surface area contributed by atoms with Crippen molar-refractivity contribution in [1.82, 2.24) is 5.43 Å². The van der Waals surface area contributed by atoms with Gasteiger partial charge in [0.25, 0.3) is 5.91 Å². The lowest BCUT2D eigenvalue weighted by molar-refractivity contribution is 0.0955. The van der Waals surface area contributed by atoms with E-state index < -0.39 is 0 Å². The van der Waals surface area contributed by atoms with E-state index in [1.807, 2.05) is 31.2 Å². The van der Waals surface area contributed by atoms with Crippen LogP contribution in [0.4, 0.5) is 0 Å². The summed E-state index contributed by atoms with van der Waals surface area (Å²) in [6.07, 6.45) is 1.55. The second-order valence-electron chi connectivity index (χ2n) is 4.44. The second kappa shape index (κ2) is 6.90. The normalized spacial score (nSPS) is 10.6. The molecule has 0 aliphatic rings. The molecule has 2 aromatic carbocycles. The average molecular weight is 303 g/mol. The minimum absolute atomic E-state index is 0.309. The van der Waals surface area contributed by atoms with Crippen molar-refractivity contribution >= 4 is 23.7 Å². The number of nitrogens with zero attached hydrogens (tertiary/aromatic N) is 1.